The molecule has 3 aromatic carbocycles. The zero-order chi connectivity index (χ0) is 22.8. The predicted molar refractivity (Wildman–Crippen MR) is 119 cm³/mol. The summed E-state index contributed by atoms with van der Waals surface area (Å²) in [4.78, 5) is 35.3. The Hall–Kier alpha value is -4.46. The van der Waals surface area contributed by atoms with Crippen LogP contribution in [0, 0.1) is 0 Å². The van der Waals surface area contributed by atoms with E-state index in [-0.39, 0.29) is 0 Å². The standard InChI is InChI=1S/C24H21N3O5/c1-31-24(30)19-9-11-20(12-10-19)26-22(28)23(29)27-25-15-17-7-13-21(14-8-17)32-16-18-5-3-2-4-6-18/h2-15H,16H2,1H3,(H,26,28)(H,27,29)/b25-15+. The first kappa shape index (κ1) is 22.2. The van der Waals surface area contributed by atoms with E-state index in [4.69, 9.17) is 4.74 Å². The lowest BCUT2D eigenvalue weighted by Gasteiger charge is -2.06. The van der Waals surface area contributed by atoms with Crippen LogP contribution in [0.3, 0.4) is 0 Å². The van der Waals surface area contributed by atoms with Crippen molar-refractivity contribution in [2.45, 2.75) is 6.61 Å². The van der Waals surface area contributed by atoms with Gasteiger partial charge in [0.15, 0.2) is 0 Å². The summed E-state index contributed by atoms with van der Waals surface area (Å²) in [6, 6.07) is 22.9. The molecule has 0 aromatic heterocycles. The molecule has 0 fully saturated rings. The van der Waals surface area contributed by atoms with E-state index in [1.807, 2.05) is 30.3 Å². The lowest BCUT2D eigenvalue weighted by molar-refractivity contribution is -0.136. The van der Waals surface area contributed by atoms with E-state index in [0.717, 1.165) is 11.1 Å². The number of carbonyl (C=O) groups is 3. The number of carbonyl (C=O) groups excluding carboxylic acids is 3. The third-order valence-electron chi connectivity index (χ3n) is 4.28. The first-order valence-corrected chi connectivity index (χ1v) is 9.64. The number of nitrogens with one attached hydrogen (secondary N) is 2. The number of rotatable bonds is 7. The van der Waals surface area contributed by atoms with Crippen LogP contribution in [0.5, 0.6) is 5.75 Å². The van der Waals surface area contributed by atoms with Gasteiger partial charge >= 0.3 is 17.8 Å². The van der Waals surface area contributed by atoms with Crippen LogP contribution in [-0.2, 0) is 20.9 Å². The summed E-state index contributed by atoms with van der Waals surface area (Å²) in [6.45, 7) is 0.463. The van der Waals surface area contributed by atoms with Crippen molar-refractivity contribution in [2.24, 2.45) is 5.10 Å². The van der Waals surface area contributed by atoms with Gasteiger partial charge in [-0.2, -0.15) is 5.10 Å². The highest BCUT2D eigenvalue weighted by molar-refractivity contribution is 6.39. The number of hydrogen-bond donors (Lipinski definition) is 2. The van der Waals surface area contributed by atoms with Crippen molar-refractivity contribution in [1.82, 2.24) is 5.43 Å². The molecule has 3 rings (SSSR count). The van der Waals surface area contributed by atoms with Gasteiger partial charge in [0.25, 0.3) is 0 Å². The quantitative estimate of drug-likeness (QED) is 0.259. The van der Waals surface area contributed by atoms with Crippen molar-refractivity contribution >= 4 is 29.7 Å². The van der Waals surface area contributed by atoms with E-state index in [1.165, 1.54) is 37.6 Å². The van der Waals surface area contributed by atoms with E-state index >= 15 is 0 Å². The number of benzene rings is 3. The van der Waals surface area contributed by atoms with Crippen LogP contribution in [0.4, 0.5) is 5.69 Å². The first-order valence-electron chi connectivity index (χ1n) is 9.64. The second-order valence-corrected chi connectivity index (χ2v) is 6.57. The van der Waals surface area contributed by atoms with Gasteiger partial charge in [0, 0.05) is 5.69 Å². The number of nitrogens with zero attached hydrogens (tertiary/aromatic N) is 1. The number of hydrazone groups is 1. The lowest BCUT2D eigenvalue weighted by atomic mass is 10.2. The van der Waals surface area contributed by atoms with Gasteiger partial charge in [0.2, 0.25) is 0 Å². The maximum Gasteiger partial charge on any atom is 0.337 e. The molecular formula is C24H21N3O5. The third kappa shape index (κ3) is 6.53. The minimum Gasteiger partial charge on any atom is -0.489 e. The lowest BCUT2D eigenvalue weighted by Crippen LogP contribution is -2.32. The number of methoxy groups -OCH3 is 1. The zero-order valence-electron chi connectivity index (χ0n) is 17.3. The molecule has 0 saturated carbocycles. The molecule has 2 amide bonds. The molecule has 0 unspecified atom stereocenters. The second-order valence-electron chi connectivity index (χ2n) is 6.57. The van der Waals surface area contributed by atoms with E-state index in [9.17, 15) is 14.4 Å². The van der Waals surface area contributed by atoms with Crippen molar-refractivity contribution in [1.29, 1.82) is 0 Å². The minimum absolute atomic E-state index is 0.330. The normalized spacial score (nSPS) is 10.4. The van der Waals surface area contributed by atoms with Crippen LogP contribution in [0.25, 0.3) is 0 Å². The van der Waals surface area contributed by atoms with Crippen molar-refractivity contribution in [3.63, 3.8) is 0 Å². The van der Waals surface area contributed by atoms with Crippen molar-refractivity contribution in [2.75, 3.05) is 12.4 Å². The molecule has 0 radical (unpaired) electrons. The molecule has 2 N–H and O–H groups in total. The Morgan fingerprint density at radius 3 is 2.22 bits per heavy atom. The monoisotopic (exact) mass is 431 g/mol. The third-order valence-corrected chi connectivity index (χ3v) is 4.28. The number of hydrogen-bond acceptors (Lipinski definition) is 6. The highest BCUT2D eigenvalue weighted by atomic mass is 16.5. The highest BCUT2D eigenvalue weighted by Gasteiger charge is 2.13. The molecule has 0 saturated heterocycles. The zero-order valence-corrected chi connectivity index (χ0v) is 17.3. The van der Waals surface area contributed by atoms with Crippen LogP contribution < -0.4 is 15.5 Å². The molecule has 8 heteroatoms. The van der Waals surface area contributed by atoms with Crippen LogP contribution in [0.2, 0.25) is 0 Å². The summed E-state index contributed by atoms with van der Waals surface area (Å²) in [7, 11) is 1.27. The van der Waals surface area contributed by atoms with Gasteiger partial charge in [-0.1, -0.05) is 30.3 Å². The molecule has 0 bridgehead atoms. The SMILES string of the molecule is COC(=O)c1ccc(NC(=O)C(=O)N/N=C/c2ccc(OCc3ccccc3)cc2)cc1. The molecule has 0 heterocycles. The fraction of sp³-hybridized carbons (Fsp3) is 0.0833. The van der Waals surface area contributed by atoms with E-state index in [0.29, 0.717) is 23.6 Å². The van der Waals surface area contributed by atoms with Gasteiger partial charge in [0.1, 0.15) is 12.4 Å². The first-order chi connectivity index (χ1) is 15.5. The summed E-state index contributed by atoms with van der Waals surface area (Å²) in [5, 5.41) is 6.20. The van der Waals surface area contributed by atoms with Gasteiger partial charge in [-0.05, 0) is 59.7 Å². The van der Waals surface area contributed by atoms with E-state index < -0.39 is 17.8 Å². The van der Waals surface area contributed by atoms with Crippen molar-refractivity contribution < 1.29 is 23.9 Å². The number of amides is 2. The summed E-state index contributed by atoms with van der Waals surface area (Å²) in [6.07, 6.45) is 1.41. The number of ether oxygens (including phenoxy) is 2. The Morgan fingerprint density at radius 2 is 1.56 bits per heavy atom. The fourth-order valence-corrected chi connectivity index (χ4v) is 2.60. The summed E-state index contributed by atoms with van der Waals surface area (Å²) in [5.41, 5.74) is 4.64. The number of anilines is 1. The maximum absolute atomic E-state index is 12.0. The maximum atomic E-state index is 12.0. The Labute approximate surface area is 184 Å². The molecule has 0 aliphatic rings. The molecule has 8 nitrogen and oxygen atoms in total. The fourth-order valence-electron chi connectivity index (χ4n) is 2.60. The Balaban J connectivity index is 1.45. The van der Waals surface area contributed by atoms with Gasteiger partial charge in [-0.25, -0.2) is 10.2 Å². The summed E-state index contributed by atoms with van der Waals surface area (Å²) in [5.74, 6) is -1.61. The molecule has 162 valence electrons. The molecule has 3 aromatic rings. The van der Waals surface area contributed by atoms with Gasteiger partial charge < -0.3 is 14.8 Å². The second kappa shape index (κ2) is 11.1. The van der Waals surface area contributed by atoms with Gasteiger partial charge in [-0.15, -0.1) is 0 Å². The van der Waals surface area contributed by atoms with E-state index in [1.54, 1.807) is 24.3 Å². The highest BCUT2D eigenvalue weighted by Crippen LogP contribution is 2.13. The summed E-state index contributed by atoms with van der Waals surface area (Å²) >= 11 is 0. The van der Waals surface area contributed by atoms with Crippen LogP contribution in [0.15, 0.2) is 84.0 Å². The average molecular weight is 431 g/mol. The van der Waals surface area contributed by atoms with E-state index in [2.05, 4.69) is 20.6 Å². The van der Waals surface area contributed by atoms with Crippen LogP contribution in [0.1, 0.15) is 21.5 Å². The molecule has 0 aliphatic carbocycles. The largest absolute Gasteiger partial charge is 0.489 e. The van der Waals surface area contributed by atoms with Crippen molar-refractivity contribution in [3.05, 3.63) is 95.6 Å². The Kier molecular flexibility index (Phi) is 7.69. The topological polar surface area (TPSA) is 106 Å². The smallest absolute Gasteiger partial charge is 0.337 e. The van der Waals surface area contributed by atoms with Crippen molar-refractivity contribution in [3.8, 4) is 5.75 Å². The summed E-state index contributed by atoms with van der Waals surface area (Å²) < 4.78 is 10.3. The molecule has 0 aliphatic heterocycles. The molecule has 0 spiro atoms. The van der Waals surface area contributed by atoms with Crippen LogP contribution >= 0.6 is 0 Å². The number of esters is 1. The predicted octanol–water partition coefficient (Wildman–Crippen LogP) is 3.14. The Morgan fingerprint density at radius 1 is 0.875 bits per heavy atom. The average Bonchev–Trinajstić information content (AvgIpc) is 2.84. The van der Waals surface area contributed by atoms with Gasteiger partial charge in [0.05, 0.1) is 18.9 Å². The van der Waals surface area contributed by atoms with Gasteiger partial charge in [-0.3, -0.25) is 9.59 Å². The van der Waals surface area contributed by atoms with Crippen LogP contribution in [-0.4, -0.2) is 31.1 Å². The Bertz CT molecular complexity index is 1090. The molecule has 32 heavy (non-hydrogen) atoms. The minimum atomic E-state index is -0.930. The molecular weight excluding hydrogens is 410 g/mol. The molecule has 0 atom stereocenters.